The summed E-state index contributed by atoms with van der Waals surface area (Å²) in [6.45, 7) is 1.76. The van der Waals surface area contributed by atoms with Gasteiger partial charge in [0, 0.05) is 18.3 Å². The molecular formula is C24H35O7-. The number of rotatable bonds is 14. The van der Waals surface area contributed by atoms with Crippen LogP contribution in [0, 0.1) is 11.8 Å². The van der Waals surface area contributed by atoms with E-state index in [9.17, 15) is 14.7 Å². The van der Waals surface area contributed by atoms with Crippen LogP contribution in [0.1, 0.15) is 70.6 Å². The van der Waals surface area contributed by atoms with Crippen LogP contribution in [0.4, 0.5) is 0 Å². The van der Waals surface area contributed by atoms with Crippen molar-refractivity contribution in [2.45, 2.75) is 101 Å². The minimum atomic E-state index is -1.14. The third kappa shape index (κ3) is 7.29. The number of unbranched alkanes of at least 4 members (excludes halogenated alkanes) is 1. The lowest BCUT2D eigenvalue weighted by atomic mass is 9.79. The van der Waals surface area contributed by atoms with Crippen molar-refractivity contribution in [1.29, 1.82) is 0 Å². The fourth-order valence-electron chi connectivity index (χ4n) is 4.72. The van der Waals surface area contributed by atoms with Crippen LogP contribution >= 0.6 is 0 Å². The SMILES string of the molecule is O=C([O-])C1CCCCC1C(=O)OC(CC=CCCCC1CO1)C1OC1CCCC1CO1. The number of hydrogen-bond donors (Lipinski definition) is 0. The van der Waals surface area contributed by atoms with Crippen molar-refractivity contribution < 1.29 is 33.6 Å². The Morgan fingerprint density at radius 1 is 0.968 bits per heavy atom. The molecule has 7 heteroatoms. The first-order chi connectivity index (χ1) is 15.1. The minimum absolute atomic E-state index is 0.0985. The number of carbonyl (C=O) groups excluding carboxylic acids is 2. The first kappa shape index (κ1) is 22.7. The molecule has 4 rings (SSSR count). The molecule has 0 N–H and O–H groups in total. The quantitative estimate of drug-likeness (QED) is 0.178. The average Bonchev–Trinajstić information content (AvgIpc) is 3.60. The Labute approximate surface area is 184 Å². The highest BCUT2D eigenvalue weighted by molar-refractivity contribution is 5.80. The predicted octanol–water partition coefficient (Wildman–Crippen LogP) is 2.31. The van der Waals surface area contributed by atoms with Crippen molar-refractivity contribution in [3.05, 3.63) is 12.2 Å². The third-order valence-corrected chi connectivity index (χ3v) is 6.88. The van der Waals surface area contributed by atoms with Gasteiger partial charge in [0.1, 0.15) is 12.2 Å². The molecule has 31 heavy (non-hydrogen) atoms. The van der Waals surface area contributed by atoms with Gasteiger partial charge in [-0.1, -0.05) is 25.0 Å². The molecule has 4 fully saturated rings. The Bertz CT molecular complexity index is 640. The van der Waals surface area contributed by atoms with Crippen molar-refractivity contribution in [2.24, 2.45) is 11.8 Å². The number of hydrogen-bond acceptors (Lipinski definition) is 7. The molecule has 0 radical (unpaired) electrons. The van der Waals surface area contributed by atoms with Crippen LogP contribution in [-0.2, 0) is 28.5 Å². The maximum atomic E-state index is 12.9. The van der Waals surface area contributed by atoms with Crippen molar-refractivity contribution in [1.82, 2.24) is 0 Å². The topological polar surface area (TPSA) is 104 Å². The van der Waals surface area contributed by atoms with E-state index in [1.54, 1.807) is 0 Å². The predicted molar refractivity (Wildman–Crippen MR) is 110 cm³/mol. The van der Waals surface area contributed by atoms with Gasteiger partial charge in [0.2, 0.25) is 0 Å². The molecule has 0 aromatic rings. The molecule has 4 aliphatic rings. The highest BCUT2D eigenvalue weighted by atomic mass is 16.6. The summed E-state index contributed by atoms with van der Waals surface area (Å²) in [5.74, 6) is -2.89. The van der Waals surface area contributed by atoms with E-state index in [1.807, 2.05) is 0 Å². The average molecular weight is 436 g/mol. The zero-order chi connectivity index (χ0) is 21.6. The molecule has 7 nitrogen and oxygen atoms in total. The number of epoxide rings is 3. The smallest absolute Gasteiger partial charge is 0.309 e. The van der Waals surface area contributed by atoms with E-state index in [4.69, 9.17) is 18.9 Å². The van der Waals surface area contributed by atoms with Gasteiger partial charge in [-0.3, -0.25) is 4.79 Å². The normalized spacial score (nSPS) is 35.0. The lowest BCUT2D eigenvalue weighted by molar-refractivity contribution is -0.314. The molecule has 7 unspecified atom stereocenters. The van der Waals surface area contributed by atoms with Crippen LogP contribution in [0.15, 0.2) is 12.2 Å². The fraction of sp³-hybridized carbons (Fsp3) is 0.833. The van der Waals surface area contributed by atoms with E-state index in [1.165, 1.54) is 0 Å². The Kier molecular flexibility index (Phi) is 8.02. The number of carbonyl (C=O) groups is 2. The van der Waals surface area contributed by atoms with Crippen LogP contribution in [0.25, 0.3) is 0 Å². The third-order valence-electron chi connectivity index (χ3n) is 6.88. The molecule has 174 valence electrons. The summed E-state index contributed by atoms with van der Waals surface area (Å²) in [5, 5.41) is 11.5. The first-order valence-corrected chi connectivity index (χ1v) is 12.1. The Hall–Kier alpha value is -1.44. The van der Waals surface area contributed by atoms with E-state index < -0.39 is 23.8 Å². The van der Waals surface area contributed by atoms with Gasteiger partial charge in [0.05, 0.1) is 37.4 Å². The summed E-state index contributed by atoms with van der Waals surface area (Å²) in [6, 6.07) is 0. The standard InChI is InChI=1S/C24H36O7/c25-23(26)18-10-5-6-11-19(18)24(27)31-21(12-4-2-1-3-8-16-14-28-16)22-20(30-22)13-7-9-17-15-29-17/h2,4,16-22H,1,3,5-15H2,(H,25,26)/p-1. The lowest BCUT2D eigenvalue weighted by Gasteiger charge is -2.31. The second-order valence-electron chi connectivity index (χ2n) is 9.41. The molecule has 0 amide bonds. The maximum Gasteiger partial charge on any atom is 0.309 e. The largest absolute Gasteiger partial charge is 0.550 e. The summed E-state index contributed by atoms with van der Waals surface area (Å²) in [4.78, 5) is 24.4. The summed E-state index contributed by atoms with van der Waals surface area (Å²) < 4.78 is 22.2. The van der Waals surface area contributed by atoms with Crippen molar-refractivity contribution in [2.75, 3.05) is 13.2 Å². The van der Waals surface area contributed by atoms with E-state index in [0.717, 1.165) is 64.6 Å². The van der Waals surface area contributed by atoms with Gasteiger partial charge in [0.25, 0.3) is 0 Å². The zero-order valence-electron chi connectivity index (χ0n) is 18.2. The number of esters is 1. The number of aliphatic carboxylic acids is 1. The first-order valence-electron chi connectivity index (χ1n) is 12.1. The van der Waals surface area contributed by atoms with E-state index in [2.05, 4.69) is 12.2 Å². The molecule has 3 aliphatic heterocycles. The molecule has 0 aromatic carbocycles. The molecule has 1 saturated carbocycles. The molecule has 1 aliphatic carbocycles. The van der Waals surface area contributed by atoms with Gasteiger partial charge in [0.15, 0.2) is 0 Å². The van der Waals surface area contributed by atoms with E-state index in [-0.39, 0.29) is 18.3 Å². The highest BCUT2D eigenvalue weighted by Crippen LogP contribution is 2.36. The molecule has 0 spiro atoms. The molecule has 0 bridgehead atoms. The lowest BCUT2D eigenvalue weighted by Crippen LogP contribution is -2.42. The van der Waals surface area contributed by atoms with Gasteiger partial charge in [-0.05, 0) is 51.4 Å². The summed E-state index contributed by atoms with van der Waals surface area (Å²) in [7, 11) is 0. The number of allylic oxidation sites excluding steroid dienone is 1. The molecular weight excluding hydrogens is 400 g/mol. The highest BCUT2D eigenvalue weighted by Gasteiger charge is 2.47. The van der Waals surface area contributed by atoms with Crippen molar-refractivity contribution >= 4 is 11.9 Å². The summed E-state index contributed by atoms with van der Waals surface area (Å²) in [6.07, 6.45) is 14.2. The van der Waals surface area contributed by atoms with Gasteiger partial charge >= 0.3 is 5.97 Å². The van der Waals surface area contributed by atoms with Crippen LogP contribution < -0.4 is 5.11 Å². The molecule has 3 heterocycles. The zero-order valence-corrected chi connectivity index (χ0v) is 18.2. The van der Waals surface area contributed by atoms with Crippen LogP contribution in [0.3, 0.4) is 0 Å². The summed E-state index contributed by atoms with van der Waals surface area (Å²) in [5.41, 5.74) is 0. The van der Waals surface area contributed by atoms with Crippen molar-refractivity contribution in [3.8, 4) is 0 Å². The Balaban J connectivity index is 1.27. The van der Waals surface area contributed by atoms with Crippen LogP contribution in [-0.4, -0.2) is 55.7 Å². The molecule has 3 saturated heterocycles. The van der Waals surface area contributed by atoms with Crippen molar-refractivity contribution in [3.63, 3.8) is 0 Å². The summed E-state index contributed by atoms with van der Waals surface area (Å²) >= 11 is 0. The number of ether oxygens (including phenoxy) is 4. The fourth-order valence-corrected chi connectivity index (χ4v) is 4.72. The Morgan fingerprint density at radius 3 is 2.32 bits per heavy atom. The van der Waals surface area contributed by atoms with E-state index in [0.29, 0.717) is 31.5 Å². The van der Waals surface area contributed by atoms with Gasteiger partial charge in [-0.25, -0.2) is 0 Å². The van der Waals surface area contributed by atoms with E-state index >= 15 is 0 Å². The maximum absolute atomic E-state index is 12.9. The second-order valence-corrected chi connectivity index (χ2v) is 9.41. The Morgan fingerprint density at radius 2 is 1.65 bits per heavy atom. The number of carboxylic acid groups (broad SMARTS) is 1. The van der Waals surface area contributed by atoms with Gasteiger partial charge in [-0.15, -0.1) is 0 Å². The molecule has 0 aromatic heterocycles. The van der Waals surface area contributed by atoms with Crippen LogP contribution in [0.2, 0.25) is 0 Å². The van der Waals surface area contributed by atoms with Gasteiger partial charge < -0.3 is 28.8 Å². The van der Waals surface area contributed by atoms with Gasteiger partial charge in [-0.2, -0.15) is 0 Å². The monoisotopic (exact) mass is 435 g/mol. The number of carboxylic acids is 1. The second kappa shape index (κ2) is 10.9. The minimum Gasteiger partial charge on any atom is -0.550 e. The van der Waals surface area contributed by atoms with Crippen LogP contribution in [0.5, 0.6) is 0 Å². The molecule has 7 atom stereocenters.